The van der Waals surface area contributed by atoms with Crippen LogP contribution in [0.3, 0.4) is 0 Å². The van der Waals surface area contributed by atoms with Gasteiger partial charge in [-0.3, -0.25) is 0 Å². The minimum atomic E-state index is -0.352. The van der Waals surface area contributed by atoms with Crippen molar-refractivity contribution in [3.8, 4) is 0 Å². The zero-order valence-electron chi connectivity index (χ0n) is 9.52. The average molecular weight is 322 g/mol. The minimum Gasteiger partial charge on any atom is -0.381 e. The van der Waals surface area contributed by atoms with Crippen LogP contribution in [0.5, 0.6) is 0 Å². The van der Waals surface area contributed by atoms with Crippen molar-refractivity contribution in [2.45, 2.75) is 19.3 Å². The lowest BCUT2D eigenvalue weighted by molar-refractivity contribution is 0.0270. The van der Waals surface area contributed by atoms with Crippen molar-refractivity contribution >= 4 is 27.5 Å². The first-order valence-electron chi connectivity index (χ1n) is 5.73. The first-order valence-corrected chi connectivity index (χ1v) is 7.23. The van der Waals surface area contributed by atoms with Crippen molar-refractivity contribution in [1.82, 2.24) is 0 Å². The second kappa shape index (κ2) is 5.68. The molecule has 0 atom stereocenters. The lowest BCUT2D eigenvalue weighted by Crippen LogP contribution is -2.33. The monoisotopic (exact) mass is 320 g/mol. The van der Waals surface area contributed by atoms with Crippen molar-refractivity contribution in [3.05, 3.63) is 34.6 Å². The number of ether oxygens (including phenoxy) is 1. The van der Waals surface area contributed by atoms with Crippen molar-refractivity contribution in [1.29, 1.82) is 0 Å². The summed E-state index contributed by atoms with van der Waals surface area (Å²) in [5.41, 5.74) is 1.32. The molecule has 17 heavy (non-hydrogen) atoms. The normalized spacial score (nSPS) is 19.2. The van der Waals surface area contributed by atoms with Crippen molar-refractivity contribution in [2.75, 3.05) is 18.5 Å². The van der Waals surface area contributed by atoms with Crippen LogP contribution in [0.1, 0.15) is 18.4 Å². The van der Waals surface area contributed by atoms with Crippen LogP contribution in [0, 0.1) is 11.2 Å². The third kappa shape index (κ3) is 3.21. The molecule has 0 spiro atoms. The maximum atomic E-state index is 13.1. The highest BCUT2D eigenvalue weighted by molar-refractivity contribution is 9.09. The van der Waals surface area contributed by atoms with E-state index in [1.54, 1.807) is 6.07 Å². The molecular weight excluding hydrogens is 306 g/mol. The Kier molecular flexibility index (Phi) is 4.45. The molecule has 1 fully saturated rings. The Morgan fingerprint density at radius 1 is 1.35 bits per heavy atom. The summed E-state index contributed by atoms with van der Waals surface area (Å²) in [6.45, 7) is 1.61. The van der Waals surface area contributed by atoms with E-state index in [-0.39, 0.29) is 16.3 Å². The van der Waals surface area contributed by atoms with Gasteiger partial charge in [-0.25, -0.2) is 4.39 Å². The highest BCUT2D eigenvalue weighted by Crippen LogP contribution is 2.36. The van der Waals surface area contributed by atoms with Crippen LogP contribution >= 0.6 is 27.5 Å². The van der Waals surface area contributed by atoms with Crippen LogP contribution in [-0.2, 0) is 11.2 Å². The van der Waals surface area contributed by atoms with Gasteiger partial charge in [-0.05, 0) is 42.4 Å². The molecule has 1 aromatic carbocycles. The van der Waals surface area contributed by atoms with Gasteiger partial charge in [0.05, 0.1) is 5.02 Å². The van der Waals surface area contributed by atoms with Crippen LogP contribution in [-0.4, -0.2) is 18.5 Å². The van der Waals surface area contributed by atoms with E-state index in [0.29, 0.717) is 0 Å². The molecule has 1 nitrogen and oxygen atoms in total. The minimum absolute atomic E-state index is 0.208. The molecule has 0 saturated carbocycles. The Labute approximate surface area is 114 Å². The molecule has 94 valence electrons. The van der Waals surface area contributed by atoms with Gasteiger partial charge in [0.25, 0.3) is 0 Å². The van der Waals surface area contributed by atoms with Gasteiger partial charge in [0, 0.05) is 18.5 Å². The zero-order chi connectivity index (χ0) is 12.3. The van der Waals surface area contributed by atoms with E-state index in [1.165, 1.54) is 6.07 Å². The highest BCUT2D eigenvalue weighted by atomic mass is 79.9. The Morgan fingerprint density at radius 2 is 2.06 bits per heavy atom. The zero-order valence-corrected chi connectivity index (χ0v) is 11.9. The van der Waals surface area contributed by atoms with Gasteiger partial charge in [-0.2, -0.15) is 0 Å². The number of benzene rings is 1. The molecule has 1 aliphatic heterocycles. The summed E-state index contributed by atoms with van der Waals surface area (Å²) in [4.78, 5) is 0. The molecule has 1 heterocycles. The fourth-order valence-electron chi connectivity index (χ4n) is 2.24. The van der Waals surface area contributed by atoms with Crippen molar-refractivity contribution in [3.63, 3.8) is 0 Å². The van der Waals surface area contributed by atoms with E-state index in [9.17, 15) is 4.39 Å². The van der Waals surface area contributed by atoms with E-state index in [2.05, 4.69) is 15.9 Å². The number of hydrogen-bond donors (Lipinski definition) is 0. The summed E-state index contributed by atoms with van der Waals surface area (Å²) >= 11 is 9.40. The Bertz CT molecular complexity index is 391. The van der Waals surface area contributed by atoms with Crippen molar-refractivity contribution in [2.24, 2.45) is 5.41 Å². The summed E-state index contributed by atoms with van der Waals surface area (Å²) < 4.78 is 18.5. The van der Waals surface area contributed by atoms with Crippen LogP contribution in [0.2, 0.25) is 5.02 Å². The molecular formula is C13H15BrClFO. The molecule has 1 saturated heterocycles. The lowest BCUT2D eigenvalue weighted by Gasteiger charge is -2.35. The fraction of sp³-hybridized carbons (Fsp3) is 0.538. The highest BCUT2D eigenvalue weighted by Gasteiger charge is 2.31. The van der Waals surface area contributed by atoms with Gasteiger partial charge in [-0.15, -0.1) is 0 Å². The van der Waals surface area contributed by atoms with Gasteiger partial charge >= 0.3 is 0 Å². The summed E-state index contributed by atoms with van der Waals surface area (Å²) in [5.74, 6) is -0.352. The number of halogens is 3. The quantitative estimate of drug-likeness (QED) is 0.758. The Hall–Kier alpha value is -0.120. The van der Waals surface area contributed by atoms with E-state index in [4.69, 9.17) is 16.3 Å². The molecule has 0 radical (unpaired) electrons. The average Bonchev–Trinajstić information content (AvgIpc) is 2.35. The largest absolute Gasteiger partial charge is 0.381 e. The Balaban J connectivity index is 2.14. The Morgan fingerprint density at radius 3 is 2.65 bits per heavy atom. The molecule has 0 bridgehead atoms. The third-order valence-electron chi connectivity index (χ3n) is 3.40. The summed E-state index contributed by atoms with van der Waals surface area (Å²) in [7, 11) is 0. The standard InChI is InChI=1S/C13H15BrClFO/c14-9-13(3-5-17-6-4-13)8-10-1-2-12(16)11(15)7-10/h1-2,7H,3-6,8-9H2. The topological polar surface area (TPSA) is 9.23 Å². The van der Waals surface area contributed by atoms with Gasteiger partial charge in [-0.1, -0.05) is 33.6 Å². The van der Waals surface area contributed by atoms with Crippen LogP contribution < -0.4 is 0 Å². The second-order valence-electron chi connectivity index (χ2n) is 4.67. The fourth-order valence-corrected chi connectivity index (χ4v) is 3.21. The van der Waals surface area contributed by atoms with E-state index >= 15 is 0 Å². The van der Waals surface area contributed by atoms with Crippen molar-refractivity contribution < 1.29 is 9.13 Å². The summed E-state index contributed by atoms with van der Waals surface area (Å²) in [6, 6.07) is 5.00. The van der Waals surface area contributed by atoms with Crippen LogP contribution in [0.25, 0.3) is 0 Å². The predicted molar refractivity (Wildman–Crippen MR) is 71.4 cm³/mol. The molecule has 0 aromatic heterocycles. The predicted octanol–water partition coefficient (Wildman–Crippen LogP) is 4.21. The van der Waals surface area contributed by atoms with Gasteiger partial charge in [0.1, 0.15) is 5.82 Å². The number of rotatable bonds is 3. The SMILES string of the molecule is Fc1ccc(CC2(CBr)CCOCC2)cc1Cl. The van der Waals surface area contributed by atoms with E-state index in [0.717, 1.165) is 43.4 Å². The third-order valence-corrected chi connectivity index (χ3v) is 4.88. The molecule has 2 rings (SSSR count). The molecule has 0 amide bonds. The van der Waals surface area contributed by atoms with E-state index in [1.807, 2.05) is 6.07 Å². The van der Waals surface area contributed by atoms with E-state index < -0.39 is 0 Å². The first-order chi connectivity index (χ1) is 8.15. The summed E-state index contributed by atoms with van der Waals surface area (Å²) in [5, 5.41) is 1.15. The van der Waals surface area contributed by atoms with Gasteiger partial charge in [0.15, 0.2) is 0 Å². The molecule has 1 aliphatic rings. The van der Waals surface area contributed by atoms with Gasteiger partial charge < -0.3 is 4.74 Å². The number of hydrogen-bond acceptors (Lipinski definition) is 1. The molecule has 0 unspecified atom stereocenters. The molecule has 0 N–H and O–H groups in total. The first kappa shape index (κ1) is 13.3. The second-order valence-corrected chi connectivity index (χ2v) is 5.64. The van der Waals surface area contributed by atoms with Crippen LogP contribution in [0.4, 0.5) is 4.39 Å². The maximum absolute atomic E-state index is 13.1. The summed E-state index contributed by atoms with van der Waals surface area (Å²) in [6.07, 6.45) is 2.99. The smallest absolute Gasteiger partial charge is 0.141 e. The van der Waals surface area contributed by atoms with Crippen LogP contribution in [0.15, 0.2) is 18.2 Å². The maximum Gasteiger partial charge on any atom is 0.141 e. The lowest BCUT2D eigenvalue weighted by atomic mass is 9.77. The molecule has 4 heteroatoms. The van der Waals surface area contributed by atoms with Gasteiger partial charge in [0.2, 0.25) is 0 Å². The number of alkyl halides is 1. The molecule has 0 aliphatic carbocycles. The molecule has 1 aromatic rings.